The fourth-order valence-corrected chi connectivity index (χ4v) is 2.40. The zero-order valence-corrected chi connectivity index (χ0v) is 12.5. The Hall–Kier alpha value is -2.41. The molecule has 1 aromatic heterocycles. The van der Waals surface area contributed by atoms with Crippen molar-refractivity contribution in [3.8, 4) is 11.3 Å². The molecule has 1 unspecified atom stereocenters. The topological polar surface area (TPSA) is 97.1 Å². The summed E-state index contributed by atoms with van der Waals surface area (Å²) in [6.45, 7) is 3.57. The summed E-state index contributed by atoms with van der Waals surface area (Å²) in [4.78, 5) is 26.9. The maximum atomic E-state index is 11.8. The van der Waals surface area contributed by atoms with Gasteiger partial charge >= 0.3 is 6.03 Å². The number of anilines is 1. The number of hydrogen-bond donors (Lipinski definition) is 3. The molecule has 0 aliphatic carbocycles. The number of urea groups is 1. The van der Waals surface area contributed by atoms with Gasteiger partial charge in [0, 0.05) is 10.9 Å². The van der Waals surface area contributed by atoms with Crippen LogP contribution >= 0.6 is 11.3 Å². The Labute approximate surface area is 126 Å². The van der Waals surface area contributed by atoms with Crippen LogP contribution in [0.4, 0.5) is 9.93 Å². The zero-order chi connectivity index (χ0) is 15.4. The Balaban J connectivity index is 2.05. The molecule has 0 fully saturated rings. The Morgan fingerprint density at radius 1 is 1.29 bits per heavy atom. The normalized spacial score (nSPS) is 11.7. The lowest BCUT2D eigenvalue weighted by Gasteiger charge is -2.10. The van der Waals surface area contributed by atoms with Crippen molar-refractivity contribution in [3.05, 3.63) is 35.2 Å². The highest BCUT2D eigenvalue weighted by molar-refractivity contribution is 7.14. The number of nitrogens with two attached hydrogens (primary N) is 1. The van der Waals surface area contributed by atoms with E-state index in [9.17, 15) is 9.59 Å². The number of carbonyl (C=O) groups is 2. The zero-order valence-electron chi connectivity index (χ0n) is 11.7. The predicted molar refractivity (Wildman–Crippen MR) is 83.1 cm³/mol. The second-order valence-corrected chi connectivity index (χ2v) is 5.48. The number of carbonyl (C=O) groups excluding carboxylic acids is 2. The number of nitrogens with one attached hydrogen (secondary N) is 2. The monoisotopic (exact) mass is 304 g/mol. The van der Waals surface area contributed by atoms with E-state index in [0.29, 0.717) is 5.13 Å². The fourth-order valence-electron chi connectivity index (χ4n) is 1.68. The van der Waals surface area contributed by atoms with Gasteiger partial charge in [-0.2, -0.15) is 0 Å². The second kappa shape index (κ2) is 6.36. The standard InChI is InChI=1S/C14H16N4O2S/c1-8-3-5-10(6-4-8)11-7-21-14(17-11)18-12(19)9(2)16-13(15)20/h3-7,9H,1-2H3,(H3,15,16,20)(H,17,18,19). The molecule has 1 atom stereocenters. The van der Waals surface area contributed by atoms with E-state index in [4.69, 9.17) is 5.73 Å². The van der Waals surface area contributed by atoms with Gasteiger partial charge in [-0.05, 0) is 13.8 Å². The van der Waals surface area contributed by atoms with Gasteiger partial charge in [0.2, 0.25) is 5.91 Å². The van der Waals surface area contributed by atoms with Gasteiger partial charge in [-0.1, -0.05) is 29.8 Å². The molecule has 4 N–H and O–H groups in total. The predicted octanol–water partition coefficient (Wildman–Crippen LogP) is 2.11. The number of hydrogen-bond acceptors (Lipinski definition) is 4. The van der Waals surface area contributed by atoms with Crippen LogP contribution in [0.1, 0.15) is 12.5 Å². The van der Waals surface area contributed by atoms with Crippen LogP contribution in [-0.4, -0.2) is 23.0 Å². The van der Waals surface area contributed by atoms with Crippen LogP contribution < -0.4 is 16.4 Å². The average Bonchev–Trinajstić information content (AvgIpc) is 2.87. The first-order chi connectivity index (χ1) is 9.95. The van der Waals surface area contributed by atoms with Gasteiger partial charge in [0.25, 0.3) is 0 Å². The van der Waals surface area contributed by atoms with Crippen LogP contribution in [0.5, 0.6) is 0 Å². The lowest BCUT2D eigenvalue weighted by molar-refractivity contribution is -0.117. The van der Waals surface area contributed by atoms with Gasteiger partial charge in [0.1, 0.15) is 6.04 Å². The second-order valence-electron chi connectivity index (χ2n) is 4.62. The molecule has 0 spiro atoms. The van der Waals surface area contributed by atoms with E-state index in [2.05, 4.69) is 15.6 Å². The first-order valence-electron chi connectivity index (χ1n) is 6.35. The highest BCUT2D eigenvalue weighted by Gasteiger charge is 2.15. The van der Waals surface area contributed by atoms with E-state index >= 15 is 0 Å². The van der Waals surface area contributed by atoms with Gasteiger partial charge in [0.05, 0.1) is 5.69 Å². The molecule has 7 heteroatoms. The SMILES string of the molecule is Cc1ccc(-c2csc(NC(=O)C(C)NC(N)=O)n2)cc1. The van der Waals surface area contributed by atoms with E-state index in [1.807, 2.05) is 36.6 Å². The molecule has 0 saturated carbocycles. The molecule has 21 heavy (non-hydrogen) atoms. The minimum Gasteiger partial charge on any atom is -0.352 e. The van der Waals surface area contributed by atoms with Crippen molar-refractivity contribution in [2.45, 2.75) is 19.9 Å². The number of aromatic nitrogens is 1. The van der Waals surface area contributed by atoms with Crippen molar-refractivity contribution in [1.29, 1.82) is 0 Å². The number of aryl methyl sites for hydroxylation is 1. The largest absolute Gasteiger partial charge is 0.352 e. The number of nitrogens with zero attached hydrogens (tertiary/aromatic N) is 1. The Morgan fingerprint density at radius 3 is 2.57 bits per heavy atom. The van der Waals surface area contributed by atoms with Crippen LogP contribution in [0.25, 0.3) is 11.3 Å². The molecule has 6 nitrogen and oxygen atoms in total. The highest BCUT2D eigenvalue weighted by atomic mass is 32.1. The molecule has 3 amide bonds. The minimum atomic E-state index is -0.739. The molecule has 0 aliphatic heterocycles. The van der Waals surface area contributed by atoms with Crippen LogP contribution in [0.3, 0.4) is 0 Å². The number of thiazole rings is 1. The molecular weight excluding hydrogens is 288 g/mol. The first-order valence-corrected chi connectivity index (χ1v) is 7.23. The van der Waals surface area contributed by atoms with Gasteiger partial charge < -0.3 is 16.4 Å². The maximum Gasteiger partial charge on any atom is 0.312 e. The highest BCUT2D eigenvalue weighted by Crippen LogP contribution is 2.25. The third-order valence-corrected chi connectivity index (χ3v) is 3.59. The summed E-state index contributed by atoms with van der Waals surface area (Å²) in [7, 11) is 0. The quantitative estimate of drug-likeness (QED) is 0.807. The van der Waals surface area contributed by atoms with Crippen LogP contribution in [0, 0.1) is 6.92 Å². The van der Waals surface area contributed by atoms with Crippen LogP contribution in [-0.2, 0) is 4.79 Å². The summed E-state index contributed by atoms with van der Waals surface area (Å²) in [5, 5.41) is 7.31. The first kappa shape index (κ1) is 15.0. The lowest BCUT2D eigenvalue weighted by Crippen LogP contribution is -2.44. The van der Waals surface area contributed by atoms with Crippen molar-refractivity contribution in [2.75, 3.05) is 5.32 Å². The molecule has 2 aromatic rings. The van der Waals surface area contributed by atoms with Gasteiger partial charge in [-0.25, -0.2) is 9.78 Å². The molecule has 0 aliphatic rings. The maximum absolute atomic E-state index is 11.8. The molecule has 1 aromatic carbocycles. The van der Waals surface area contributed by atoms with Crippen molar-refractivity contribution in [3.63, 3.8) is 0 Å². The van der Waals surface area contributed by atoms with Gasteiger partial charge in [-0.3, -0.25) is 4.79 Å². The Morgan fingerprint density at radius 2 is 1.95 bits per heavy atom. The summed E-state index contributed by atoms with van der Waals surface area (Å²) in [5.74, 6) is -0.362. The number of amides is 3. The van der Waals surface area contributed by atoms with E-state index in [0.717, 1.165) is 11.3 Å². The van der Waals surface area contributed by atoms with Gasteiger partial charge in [0.15, 0.2) is 5.13 Å². The summed E-state index contributed by atoms with van der Waals surface area (Å²) >= 11 is 1.33. The summed E-state index contributed by atoms with van der Waals surface area (Å²) in [6, 6.07) is 6.52. The van der Waals surface area contributed by atoms with E-state index in [1.54, 1.807) is 6.92 Å². The van der Waals surface area contributed by atoms with Gasteiger partial charge in [-0.15, -0.1) is 11.3 Å². The van der Waals surface area contributed by atoms with E-state index < -0.39 is 12.1 Å². The smallest absolute Gasteiger partial charge is 0.312 e. The number of benzene rings is 1. The van der Waals surface area contributed by atoms with E-state index in [-0.39, 0.29) is 5.91 Å². The van der Waals surface area contributed by atoms with Crippen LogP contribution in [0.2, 0.25) is 0 Å². The molecule has 0 bridgehead atoms. The number of primary amides is 1. The Kier molecular flexibility index (Phi) is 4.54. The third-order valence-electron chi connectivity index (χ3n) is 2.83. The summed E-state index contributed by atoms with van der Waals surface area (Å²) < 4.78 is 0. The molecule has 0 saturated heterocycles. The average molecular weight is 304 g/mol. The summed E-state index contributed by atoms with van der Waals surface area (Å²) in [6.07, 6.45) is 0. The van der Waals surface area contributed by atoms with E-state index in [1.165, 1.54) is 16.9 Å². The molecule has 1 heterocycles. The van der Waals surface area contributed by atoms with Crippen molar-refractivity contribution >= 4 is 28.4 Å². The van der Waals surface area contributed by atoms with Crippen molar-refractivity contribution < 1.29 is 9.59 Å². The molecule has 0 radical (unpaired) electrons. The fraction of sp³-hybridized carbons (Fsp3) is 0.214. The molecule has 110 valence electrons. The molecule has 2 rings (SSSR count). The third kappa shape index (κ3) is 4.03. The van der Waals surface area contributed by atoms with Crippen molar-refractivity contribution in [1.82, 2.24) is 10.3 Å². The lowest BCUT2D eigenvalue weighted by atomic mass is 10.1. The number of rotatable bonds is 4. The van der Waals surface area contributed by atoms with Crippen LogP contribution in [0.15, 0.2) is 29.6 Å². The molecular formula is C14H16N4O2S. The summed E-state index contributed by atoms with van der Waals surface area (Å²) in [5.41, 5.74) is 7.93. The van der Waals surface area contributed by atoms with Crippen molar-refractivity contribution in [2.24, 2.45) is 5.73 Å². The minimum absolute atomic E-state index is 0.362. The Bertz CT molecular complexity index is 651.